The minimum absolute atomic E-state index is 0.116. The van der Waals surface area contributed by atoms with Crippen molar-refractivity contribution < 1.29 is 19.2 Å². The number of nitrogens with one attached hydrogen (secondary N) is 1. The summed E-state index contributed by atoms with van der Waals surface area (Å²) in [6, 6.07) is 1.03. The quantitative estimate of drug-likeness (QED) is 0.482. The molecule has 0 saturated carbocycles. The number of pyridine rings is 1. The SMILES string of the molecule is C[C@H](COCc1cnc(Cl)c([N+](=O)[O-])c1)NC(=O)OC(C)(C)C. The number of rotatable bonds is 6. The molecule has 1 atom stereocenters. The van der Waals surface area contributed by atoms with Crippen molar-refractivity contribution in [2.24, 2.45) is 0 Å². The van der Waals surface area contributed by atoms with Crippen LogP contribution >= 0.6 is 11.6 Å². The summed E-state index contributed by atoms with van der Waals surface area (Å²) < 4.78 is 10.5. The zero-order valence-electron chi connectivity index (χ0n) is 13.5. The number of ether oxygens (including phenoxy) is 2. The van der Waals surface area contributed by atoms with E-state index in [1.165, 1.54) is 12.3 Å². The van der Waals surface area contributed by atoms with Gasteiger partial charge in [-0.3, -0.25) is 10.1 Å². The van der Waals surface area contributed by atoms with E-state index in [1.807, 2.05) is 0 Å². The average Bonchev–Trinajstić information content (AvgIpc) is 2.37. The molecule has 1 rings (SSSR count). The smallest absolute Gasteiger partial charge is 0.407 e. The van der Waals surface area contributed by atoms with Gasteiger partial charge in [0.25, 0.3) is 0 Å². The number of hydrogen-bond donors (Lipinski definition) is 1. The van der Waals surface area contributed by atoms with Gasteiger partial charge in [0, 0.05) is 17.8 Å². The number of carbonyl (C=O) groups excluding carboxylic acids is 1. The van der Waals surface area contributed by atoms with E-state index >= 15 is 0 Å². The van der Waals surface area contributed by atoms with E-state index < -0.39 is 16.6 Å². The standard InChI is InChI=1S/C14H20ClN3O5/c1-9(17-13(19)23-14(2,3)4)7-22-8-10-5-11(18(20)21)12(15)16-6-10/h5-6,9H,7-8H2,1-4H3,(H,17,19)/t9-/m1/s1. The van der Waals surface area contributed by atoms with Crippen LogP contribution in [0.4, 0.5) is 10.5 Å². The lowest BCUT2D eigenvalue weighted by Gasteiger charge is -2.21. The third-order valence-electron chi connectivity index (χ3n) is 2.47. The molecule has 0 aliphatic rings. The number of aromatic nitrogens is 1. The number of nitro groups is 1. The van der Waals surface area contributed by atoms with Gasteiger partial charge in [-0.25, -0.2) is 9.78 Å². The molecule has 0 bridgehead atoms. The Hall–Kier alpha value is -1.93. The van der Waals surface area contributed by atoms with Crippen molar-refractivity contribution in [1.82, 2.24) is 10.3 Å². The zero-order valence-corrected chi connectivity index (χ0v) is 14.2. The number of amides is 1. The van der Waals surface area contributed by atoms with Crippen LogP contribution in [0.1, 0.15) is 33.3 Å². The maximum atomic E-state index is 11.6. The summed E-state index contributed by atoms with van der Waals surface area (Å²) in [7, 11) is 0. The molecule has 0 unspecified atom stereocenters. The van der Waals surface area contributed by atoms with Crippen LogP contribution in [0.5, 0.6) is 0 Å². The first kappa shape index (κ1) is 19.1. The fourth-order valence-corrected chi connectivity index (χ4v) is 1.76. The molecule has 0 fully saturated rings. The number of alkyl carbamates (subject to hydrolysis) is 1. The highest BCUT2D eigenvalue weighted by Crippen LogP contribution is 2.22. The highest BCUT2D eigenvalue weighted by atomic mass is 35.5. The predicted octanol–water partition coefficient (Wildman–Crippen LogP) is 3.07. The highest BCUT2D eigenvalue weighted by Gasteiger charge is 2.18. The molecule has 1 heterocycles. The Labute approximate surface area is 139 Å². The Bertz CT molecular complexity index is 574. The molecule has 1 N–H and O–H groups in total. The zero-order chi connectivity index (χ0) is 17.6. The molecule has 128 valence electrons. The van der Waals surface area contributed by atoms with Gasteiger partial charge in [0.1, 0.15) is 5.60 Å². The maximum Gasteiger partial charge on any atom is 0.407 e. The predicted molar refractivity (Wildman–Crippen MR) is 84.4 cm³/mol. The number of carbonyl (C=O) groups is 1. The summed E-state index contributed by atoms with van der Waals surface area (Å²) in [6.45, 7) is 7.41. The van der Waals surface area contributed by atoms with Crippen molar-refractivity contribution in [3.63, 3.8) is 0 Å². The monoisotopic (exact) mass is 345 g/mol. The first-order chi connectivity index (χ1) is 10.6. The van der Waals surface area contributed by atoms with Crippen LogP contribution in [0, 0.1) is 10.1 Å². The van der Waals surface area contributed by atoms with Gasteiger partial charge < -0.3 is 14.8 Å². The van der Waals surface area contributed by atoms with Crippen molar-refractivity contribution in [1.29, 1.82) is 0 Å². The normalized spacial score (nSPS) is 12.6. The number of hydrogen-bond acceptors (Lipinski definition) is 6. The van der Waals surface area contributed by atoms with Crippen LogP contribution in [0.25, 0.3) is 0 Å². The van der Waals surface area contributed by atoms with Gasteiger partial charge in [-0.2, -0.15) is 0 Å². The summed E-state index contributed by atoms with van der Waals surface area (Å²) in [5, 5.41) is 13.2. The topological polar surface area (TPSA) is 104 Å². The van der Waals surface area contributed by atoms with E-state index in [0.717, 1.165) is 0 Å². The Morgan fingerprint density at radius 3 is 2.74 bits per heavy atom. The van der Waals surface area contributed by atoms with E-state index in [9.17, 15) is 14.9 Å². The third kappa shape index (κ3) is 7.25. The molecule has 1 aromatic rings. The van der Waals surface area contributed by atoms with Crippen LogP contribution in [-0.2, 0) is 16.1 Å². The minimum atomic E-state index is -0.606. The van der Waals surface area contributed by atoms with Crippen LogP contribution in [0.2, 0.25) is 5.15 Å². The van der Waals surface area contributed by atoms with E-state index in [1.54, 1.807) is 27.7 Å². The second-order valence-electron chi connectivity index (χ2n) is 5.97. The van der Waals surface area contributed by atoms with Crippen molar-refractivity contribution in [3.8, 4) is 0 Å². The molecule has 0 saturated heterocycles. The van der Waals surface area contributed by atoms with Gasteiger partial charge in [0.05, 0.1) is 24.2 Å². The molecule has 1 aromatic heterocycles. The van der Waals surface area contributed by atoms with E-state index in [2.05, 4.69) is 10.3 Å². The first-order valence-electron chi connectivity index (χ1n) is 6.94. The molecule has 0 aliphatic heterocycles. The molecule has 23 heavy (non-hydrogen) atoms. The van der Waals surface area contributed by atoms with Crippen molar-refractivity contribution in [2.45, 2.75) is 45.9 Å². The van der Waals surface area contributed by atoms with E-state index in [0.29, 0.717) is 5.56 Å². The van der Waals surface area contributed by atoms with Crippen LogP contribution in [0.15, 0.2) is 12.3 Å². The number of nitrogens with zero attached hydrogens (tertiary/aromatic N) is 2. The van der Waals surface area contributed by atoms with Crippen LogP contribution in [-0.4, -0.2) is 34.3 Å². The molecular formula is C14H20ClN3O5. The van der Waals surface area contributed by atoms with Crippen molar-refractivity contribution >= 4 is 23.4 Å². The summed E-state index contributed by atoms with van der Waals surface area (Å²) in [4.78, 5) is 25.5. The summed E-state index contributed by atoms with van der Waals surface area (Å²) in [5.74, 6) is 0. The summed E-state index contributed by atoms with van der Waals surface area (Å²) in [6.07, 6.45) is 0.874. The minimum Gasteiger partial charge on any atom is -0.444 e. The van der Waals surface area contributed by atoms with Crippen LogP contribution < -0.4 is 5.32 Å². The summed E-state index contributed by atoms with van der Waals surface area (Å²) >= 11 is 5.63. The van der Waals surface area contributed by atoms with Gasteiger partial charge in [0.2, 0.25) is 5.15 Å². The Kier molecular flexibility index (Phi) is 6.71. The fourth-order valence-electron chi connectivity index (χ4n) is 1.59. The Morgan fingerprint density at radius 1 is 1.52 bits per heavy atom. The van der Waals surface area contributed by atoms with Crippen molar-refractivity contribution in [3.05, 3.63) is 33.1 Å². The third-order valence-corrected chi connectivity index (χ3v) is 2.76. The molecular weight excluding hydrogens is 326 g/mol. The van der Waals surface area contributed by atoms with Gasteiger partial charge in [-0.05, 0) is 27.7 Å². The molecule has 0 aromatic carbocycles. The Morgan fingerprint density at radius 2 is 2.17 bits per heavy atom. The van der Waals surface area contributed by atoms with Crippen molar-refractivity contribution in [2.75, 3.05) is 6.61 Å². The molecule has 0 aliphatic carbocycles. The van der Waals surface area contributed by atoms with Gasteiger partial charge in [-0.15, -0.1) is 0 Å². The second kappa shape index (κ2) is 8.07. The molecule has 0 radical (unpaired) electrons. The Balaban J connectivity index is 2.43. The fraction of sp³-hybridized carbons (Fsp3) is 0.571. The largest absolute Gasteiger partial charge is 0.444 e. The lowest BCUT2D eigenvalue weighted by Crippen LogP contribution is -2.39. The van der Waals surface area contributed by atoms with E-state index in [-0.39, 0.29) is 30.1 Å². The molecule has 1 amide bonds. The van der Waals surface area contributed by atoms with E-state index in [4.69, 9.17) is 21.1 Å². The number of halogens is 1. The molecule has 0 spiro atoms. The van der Waals surface area contributed by atoms with Gasteiger partial charge >= 0.3 is 11.8 Å². The summed E-state index contributed by atoms with van der Waals surface area (Å²) in [5.41, 5.74) is -0.322. The highest BCUT2D eigenvalue weighted by molar-refractivity contribution is 6.31. The van der Waals surface area contributed by atoms with Gasteiger partial charge in [0.15, 0.2) is 0 Å². The maximum absolute atomic E-state index is 11.6. The molecule has 9 heteroatoms. The lowest BCUT2D eigenvalue weighted by molar-refractivity contribution is -0.385. The second-order valence-corrected chi connectivity index (χ2v) is 6.33. The van der Waals surface area contributed by atoms with Crippen LogP contribution in [0.3, 0.4) is 0 Å². The van der Waals surface area contributed by atoms with Gasteiger partial charge in [-0.1, -0.05) is 11.6 Å². The first-order valence-corrected chi connectivity index (χ1v) is 7.32. The lowest BCUT2D eigenvalue weighted by atomic mass is 10.2. The average molecular weight is 346 g/mol. The molecule has 8 nitrogen and oxygen atoms in total.